The molecule has 19 heavy (non-hydrogen) atoms. The number of esters is 1. The van der Waals surface area contributed by atoms with Crippen LogP contribution in [-0.2, 0) is 14.6 Å². The molecule has 0 aliphatic carbocycles. The van der Waals surface area contributed by atoms with Gasteiger partial charge in [-0.1, -0.05) is 13.8 Å². The zero-order valence-corrected chi connectivity index (χ0v) is 12.5. The molecule has 0 aliphatic rings. The Hall–Kier alpha value is -1.36. The van der Waals surface area contributed by atoms with Crippen LogP contribution in [0, 0.1) is 5.92 Å². The first-order valence-corrected chi connectivity index (χ1v) is 7.91. The van der Waals surface area contributed by atoms with Crippen molar-refractivity contribution in [1.82, 2.24) is 0 Å². The predicted octanol–water partition coefficient (Wildman–Crippen LogP) is 2.68. The third-order valence-corrected chi connectivity index (χ3v) is 4.44. The van der Waals surface area contributed by atoms with Gasteiger partial charge in [-0.3, -0.25) is 0 Å². The van der Waals surface area contributed by atoms with Crippen LogP contribution in [-0.4, -0.2) is 26.2 Å². The van der Waals surface area contributed by atoms with Crippen molar-refractivity contribution in [3.05, 3.63) is 29.8 Å². The molecule has 0 bridgehead atoms. The number of sulfone groups is 1. The Labute approximate surface area is 114 Å². The molecular formula is C14H20O4S. The van der Waals surface area contributed by atoms with Crippen LogP contribution in [0.2, 0.25) is 0 Å². The molecule has 0 fully saturated rings. The molecule has 0 aliphatic heterocycles. The van der Waals surface area contributed by atoms with Crippen molar-refractivity contribution in [2.45, 2.75) is 38.7 Å². The van der Waals surface area contributed by atoms with Gasteiger partial charge in [0.2, 0.25) is 0 Å². The van der Waals surface area contributed by atoms with Crippen molar-refractivity contribution in [3.63, 3.8) is 0 Å². The fraction of sp³-hybridized carbons (Fsp3) is 0.500. The van der Waals surface area contributed by atoms with E-state index >= 15 is 0 Å². The van der Waals surface area contributed by atoms with E-state index in [1.807, 2.05) is 13.8 Å². The van der Waals surface area contributed by atoms with Gasteiger partial charge in [0.15, 0.2) is 9.84 Å². The average molecular weight is 284 g/mol. The van der Waals surface area contributed by atoms with Gasteiger partial charge in [0, 0.05) is 0 Å². The normalized spacial score (nSPS) is 11.9. The summed E-state index contributed by atoms with van der Waals surface area (Å²) in [6, 6.07) is 5.87. The lowest BCUT2D eigenvalue weighted by molar-refractivity contribution is 0.0378. The lowest BCUT2D eigenvalue weighted by Crippen LogP contribution is -2.13. The maximum absolute atomic E-state index is 12.0. The summed E-state index contributed by atoms with van der Waals surface area (Å²) in [6.45, 7) is 7.23. The van der Waals surface area contributed by atoms with E-state index in [4.69, 9.17) is 4.74 Å². The molecule has 0 radical (unpaired) electrons. The molecule has 0 saturated heterocycles. The third-order valence-electron chi connectivity index (χ3n) is 2.34. The average Bonchev–Trinajstić information content (AvgIpc) is 2.26. The molecule has 4 nitrogen and oxygen atoms in total. The minimum Gasteiger partial charge on any atom is -0.459 e. The van der Waals surface area contributed by atoms with Gasteiger partial charge in [-0.25, -0.2) is 13.2 Å². The molecule has 0 unspecified atom stereocenters. The van der Waals surface area contributed by atoms with Crippen LogP contribution in [0.1, 0.15) is 38.1 Å². The summed E-state index contributed by atoms with van der Waals surface area (Å²) in [5.41, 5.74) is 0.359. The van der Waals surface area contributed by atoms with Crippen LogP contribution in [0.25, 0.3) is 0 Å². The second-order valence-corrected chi connectivity index (χ2v) is 7.19. The Morgan fingerprint density at radius 3 is 2.05 bits per heavy atom. The highest BCUT2D eigenvalue weighted by molar-refractivity contribution is 7.91. The van der Waals surface area contributed by atoms with Crippen molar-refractivity contribution in [2.75, 3.05) is 5.75 Å². The van der Waals surface area contributed by atoms with Gasteiger partial charge in [0.25, 0.3) is 0 Å². The fourth-order valence-electron chi connectivity index (χ4n) is 1.62. The van der Waals surface area contributed by atoms with Gasteiger partial charge < -0.3 is 4.74 Å². The Balaban J connectivity index is 2.91. The van der Waals surface area contributed by atoms with Gasteiger partial charge in [-0.05, 0) is 44.0 Å². The van der Waals surface area contributed by atoms with Crippen molar-refractivity contribution in [3.8, 4) is 0 Å². The number of rotatable bonds is 5. The smallest absolute Gasteiger partial charge is 0.338 e. The highest BCUT2D eigenvalue weighted by Gasteiger charge is 2.17. The minimum absolute atomic E-state index is 0.0654. The molecule has 0 atom stereocenters. The molecule has 0 saturated carbocycles. The number of carbonyl (C=O) groups is 1. The monoisotopic (exact) mass is 284 g/mol. The lowest BCUT2D eigenvalue weighted by Gasteiger charge is -2.09. The maximum Gasteiger partial charge on any atom is 0.338 e. The van der Waals surface area contributed by atoms with Crippen LogP contribution < -0.4 is 0 Å². The molecule has 1 aromatic carbocycles. The summed E-state index contributed by atoms with van der Waals surface area (Å²) in [6.07, 6.45) is -0.197. The molecule has 0 amide bonds. The quantitative estimate of drug-likeness (QED) is 0.780. The molecule has 106 valence electrons. The molecule has 0 aromatic heterocycles. The highest BCUT2D eigenvalue weighted by atomic mass is 32.2. The number of hydrogen-bond acceptors (Lipinski definition) is 4. The van der Waals surface area contributed by atoms with Crippen molar-refractivity contribution >= 4 is 15.8 Å². The van der Waals surface area contributed by atoms with Crippen molar-refractivity contribution < 1.29 is 17.9 Å². The number of carbonyl (C=O) groups excluding carboxylic acids is 1. The zero-order valence-electron chi connectivity index (χ0n) is 11.7. The summed E-state index contributed by atoms with van der Waals surface area (Å²) in [5.74, 6) is -0.277. The number of benzene rings is 1. The van der Waals surface area contributed by atoms with Gasteiger partial charge in [-0.15, -0.1) is 0 Å². The SMILES string of the molecule is CC(C)CS(=O)(=O)c1ccc(C(=O)OC(C)C)cc1. The van der Waals surface area contributed by atoms with E-state index in [1.54, 1.807) is 13.8 Å². The Bertz CT molecular complexity index is 527. The van der Waals surface area contributed by atoms with E-state index in [1.165, 1.54) is 24.3 Å². The third kappa shape index (κ3) is 4.67. The van der Waals surface area contributed by atoms with Gasteiger partial charge >= 0.3 is 5.97 Å². The lowest BCUT2D eigenvalue weighted by atomic mass is 10.2. The first-order chi connectivity index (χ1) is 8.72. The molecule has 0 heterocycles. The van der Waals surface area contributed by atoms with Crippen LogP contribution in [0.15, 0.2) is 29.2 Å². The van der Waals surface area contributed by atoms with E-state index in [2.05, 4.69) is 0 Å². The van der Waals surface area contributed by atoms with Crippen LogP contribution in [0.5, 0.6) is 0 Å². The van der Waals surface area contributed by atoms with E-state index < -0.39 is 15.8 Å². The molecule has 0 spiro atoms. The molecule has 1 aromatic rings. The summed E-state index contributed by atoms with van der Waals surface area (Å²) in [4.78, 5) is 11.9. The molecular weight excluding hydrogens is 264 g/mol. The molecule has 1 rings (SSSR count). The second kappa shape index (κ2) is 6.19. The van der Waals surface area contributed by atoms with Gasteiger partial charge in [0.1, 0.15) is 0 Å². The Kier molecular flexibility index (Phi) is 5.11. The Morgan fingerprint density at radius 1 is 1.11 bits per heavy atom. The first-order valence-electron chi connectivity index (χ1n) is 6.26. The molecule has 0 N–H and O–H groups in total. The van der Waals surface area contributed by atoms with Gasteiger partial charge in [0.05, 0.1) is 22.3 Å². The van der Waals surface area contributed by atoms with Crippen molar-refractivity contribution in [2.24, 2.45) is 5.92 Å². The molecule has 5 heteroatoms. The van der Waals surface area contributed by atoms with Crippen LogP contribution in [0.4, 0.5) is 0 Å². The zero-order chi connectivity index (χ0) is 14.6. The maximum atomic E-state index is 12.0. The summed E-state index contributed by atoms with van der Waals surface area (Å²) in [7, 11) is -3.28. The predicted molar refractivity (Wildman–Crippen MR) is 73.9 cm³/mol. The van der Waals surface area contributed by atoms with E-state index in [0.29, 0.717) is 5.56 Å². The fourth-order valence-corrected chi connectivity index (χ4v) is 3.24. The summed E-state index contributed by atoms with van der Waals surface area (Å²) >= 11 is 0. The van der Waals surface area contributed by atoms with Crippen LogP contribution in [0.3, 0.4) is 0 Å². The van der Waals surface area contributed by atoms with Crippen LogP contribution >= 0.6 is 0 Å². The standard InChI is InChI=1S/C14H20O4S/c1-10(2)9-19(16,17)13-7-5-12(6-8-13)14(15)18-11(3)4/h5-8,10-11H,9H2,1-4H3. The number of ether oxygens (including phenoxy) is 1. The van der Waals surface area contributed by atoms with Gasteiger partial charge in [-0.2, -0.15) is 0 Å². The van der Waals surface area contributed by atoms with E-state index in [9.17, 15) is 13.2 Å². The summed E-state index contributed by atoms with van der Waals surface area (Å²) < 4.78 is 29.0. The van der Waals surface area contributed by atoms with E-state index in [0.717, 1.165) is 0 Å². The van der Waals surface area contributed by atoms with Crippen molar-refractivity contribution in [1.29, 1.82) is 0 Å². The number of hydrogen-bond donors (Lipinski definition) is 0. The largest absolute Gasteiger partial charge is 0.459 e. The highest BCUT2D eigenvalue weighted by Crippen LogP contribution is 2.16. The van der Waals surface area contributed by atoms with E-state index in [-0.39, 0.29) is 22.7 Å². The minimum atomic E-state index is -3.28. The summed E-state index contributed by atoms with van der Waals surface area (Å²) in [5, 5.41) is 0. The first kappa shape index (κ1) is 15.7. The second-order valence-electron chi connectivity index (χ2n) is 5.15. The Morgan fingerprint density at radius 2 is 1.63 bits per heavy atom. The topological polar surface area (TPSA) is 60.4 Å².